The van der Waals surface area contributed by atoms with Crippen molar-refractivity contribution in [2.75, 3.05) is 6.61 Å². The number of halogens is 4. The lowest BCUT2D eigenvalue weighted by molar-refractivity contribution is -0.137. The van der Waals surface area contributed by atoms with Gasteiger partial charge < -0.3 is 9.67 Å². The van der Waals surface area contributed by atoms with Crippen molar-refractivity contribution in [2.24, 2.45) is 4.99 Å². The Morgan fingerprint density at radius 2 is 1.76 bits per heavy atom. The second-order valence-corrected chi connectivity index (χ2v) is 9.09. The average molecular weight is 541 g/mol. The summed E-state index contributed by atoms with van der Waals surface area (Å²) in [5.74, 6) is 0.633. The summed E-state index contributed by atoms with van der Waals surface area (Å²) in [6.45, 7) is 0.573. The summed E-state index contributed by atoms with van der Waals surface area (Å²) in [4.78, 5) is 5.12. The fourth-order valence-corrected chi connectivity index (χ4v) is 5.27. The lowest BCUT2D eigenvalue weighted by atomic mass is 9.84. The highest BCUT2D eigenvalue weighted by Crippen LogP contribution is 2.34. The van der Waals surface area contributed by atoms with Crippen LogP contribution in [0.4, 0.5) is 18.9 Å². The van der Waals surface area contributed by atoms with Crippen LogP contribution in [-0.2, 0) is 12.7 Å². The second-order valence-electron chi connectivity index (χ2n) is 8.25. The molecule has 3 nitrogen and oxygen atoms in total. The van der Waals surface area contributed by atoms with Crippen LogP contribution in [-0.4, -0.2) is 16.3 Å². The van der Waals surface area contributed by atoms with Crippen molar-refractivity contribution in [3.05, 3.63) is 69.8 Å². The number of alkyl halides is 3. The Balaban J connectivity index is 0.00000306. The van der Waals surface area contributed by atoms with Crippen LogP contribution in [0, 0.1) is 0 Å². The van der Waals surface area contributed by atoms with E-state index in [4.69, 9.17) is 0 Å². The topological polar surface area (TPSA) is 37.5 Å². The highest BCUT2D eigenvalue weighted by Gasteiger charge is 2.30. The van der Waals surface area contributed by atoms with Gasteiger partial charge in [-0.05, 0) is 54.5 Å². The van der Waals surface area contributed by atoms with Crippen LogP contribution in [0.1, 0.15) is 55.6 Å². The lowest BCUT2D eigenvalue weighted by Crippen LogP contribution is -2.16. The Bertz CT molecular complexity index is 1100. The summed E-state index contributed by atoms with van der Waals surface area (Å²) in [6.07, 6.45) is 2.53. The Labute approximate surface area is 206 Å². The van der Waals surface area contributed by atoms with Crippen LogP contribution in [0.5, 0.6) is 0 Å². The van der Waals surface area contributed by atoms with Gasteiger partial charge in [0.2, 0.25) is 0 Å². The minimum Gasteiger partial charge on any atom is -0.396 e. The van der Waals surface area contributed by atoms with Gasteiger partial charge in [-0.1, -0.05) is 49.6 Å². The van der Waals surface area contributed by atoms with Crippen molar-refractivity contribution in [1.82, 2.24) is 4.57 Å². The number of aliphatic hydroxyl groups is 1. The Morgan fingerprint density at radius 3 is 2.42 bits per heavy atom. The number of hydrogen-bond acceptors (Lipinski definition) is 3. The molecule has 0 aliphatic heterocycles. The standard InChI is InChI=1S/C25H27F3N2OS.BrH/c26-25(27,28)21-8-4-9-22(16-21)29-24-30(14-5-15-31)23(17-32-24)20-12-10-19(11-13-20)18-6-2-1-3-7-18;/h4,8-13,16-18,31H,1-3,5-7,14-15H2;1H. The third kappa shape index (κ3) is 6.37. The lowest BCUT2D eigenvalue weighted by Gasteiger charge is -2.22. The zero-order chi connectivity index (χ0) is 22.6. The van der Waals surface area contributed by atoms with E-state index in [-0.39, 0.29) is 29.3 Å². The number of nitrogens with zero attached hydrogens (tertiary/aromatic N) is 2. The molecule has 1 heterocycles. The molecule has 1 N–H and O–H groups in total. The third-order valence-corrected chi connectivity index (χ3v) is 6.88. The highest BCUT2D eigenvalue weighted by molar-refractivity contribution is 8.93. The molecule has 8 heteroatoms. The van der Waals surface area contributed by atoms with E-state index in [2.05, 4.69) is 29.3 Å². The molecule has 4 rings (SSSR count). The molecule has 0 atom stereocenters. The zero-order valence-corrected chi connectivity index (χ0v) is 20.8. The molecule has 2 aromatic carbocycles. The second kappa shape index (κ2) is 11.5. The van der Waals surface area contributed by atoms with Gasteiger partial charge in [0.05, 0.1) is 16.9 Å². The summed E-state index contributed by atoms with van der Waals surface area (Å²) in [7, 11) is 0. The minimum atomic E-state index is -4.40. The normalized spacial score (nSPS) is 15.5. The van der Waals surface area contributed by atoms with Crippen LogP contribution >= 0.6 is 28.3 Å². The van der Waals surface area contributed by atoms with Crippen LogP contribution in [0.25, 0.3) is 11.3 Å². The maximum absolute atomic E-state index is 13.1. The van der Waals surface area contributed by atoms with Crippen molar-refractivity contribution in [3.8, 4) is 11.3 Å². The van der Waals surface area contributed by atoms with E-state index < -0.39 is 11.7 Å². The third-order valence-electron chi connectivity index (χ3n) is 6.02. The van der Waals surface area contributed by atoms with Gasteiger partial charge in [-0.2, -0.15) is 13.2 Å². The zero-order valence-electron chi connectivity index (χ0n) is 18.2. The largest absolute Gasteiger partial charge is 0.416 e. The van der Waals surface area contributed by atoms with E-state index in [1.807, 2.05) is 9.95 Å². The summed E-state index contributed by atoms with van der Waals surface area (Å²) >= 11 is 1.40. The van der Waals surface area contributed by atoms with Crippen LogP contribution in [0.15, 0.2) is 58.9 Å². The number of aliphatic hydroxyl groups excluding tert-OH is 1. The van der Waals surface area contributed by atoms with E-state index >= 15 is 0 Å². The molecule has 1 aromatic heterocycles. The molecule has 178 valence electrons. The molecule has 33 heavy (non-hydrogen) atoms. The van der Waals surface area contributed by atoms with Crippen molar-refractivity contribution in [3.63, 3.8) is 0 Å². The van der Waals surface area contributed by atoms with Gasteiger partial charge in [0.15, 0.2) is 4.80 Å². The molecule has 1 aliphatic rings. The highest BCUT2D eigenvalue weighted by atomic mass is 79.9. The fourth-order valence-electron chi connectivity index (χ4n) is 4.32. The first kappa shape index (κ1) is 25.7. The van der Waals surface area contributed by atoms with Gasteiger partial charge in [0.1, 0.15) is 0 Å². The minimum absolute atomic E-state index is 0. The van der Waals surface area contributed by atoms with E-state index in [9.17, 15) is 18.3 Å². The van der Waals surface area contributed by atoms with Crippen molar-refractivity contribution < 1.29 is 18.3 Å². The molecular formula is C25H28BrF3N2OS. The monoisotopic (exact) mass is 540 g/mol. The molecule has 1 fully saturated rings. The Morgan fingerprint density at radius 1 is 1.03 bits per heavy atom. The molecule has 3 aromatic rings. The van der Waals surface area contributed by atoms with Gasteiger partial charge in [0, 0.05) is 18.5 Å². The van der Waals surface area contributed by atoms with Crippen LogP contribution in [0.3, 0.4) is 0 Å². The smallest absolute Gasteiger partial charge is 0.396 e. The fraction of sp³-hybridized carbons (Fsp3) is 0.400. The van der Waals surface area contributed by atoms with Gasteiger partial charge in [0.25, 0.3) is 0 Å². The first-order valence-corrected chi connectivity index (χ1v) is 11.9. The molecule has 0 unspecified atom stereocenters. The maximum Gasteiger partial charge on any atom is 0.416 e. The Hall–Kier alpha value is -1.90. The summed E-state index contributed by atoms with van der Waals surface area (Å²) in [6, 6.07) is 13.7. The number of rotatable bonds is 6. The van der Waals surface area contributed by atoms with E-state index in [0.717, 1.165) is 23.4 Å². The molecule has 0 saturated heterocycles. The van der Waals surface area contributed by atoms with Gasteiger partial charge in [-0.15, -0.1) is 28.3 Å². The molecular weight excluding hydrogens is 513 g/mol. The molecule has 0 spiro atoms. The van der Waals surface area contributed by atoms with E-state index in [1.165, 1.54) is 55.1 Å². The van der Waals surface area contributed by atoms with Crippen molar-refractivity contribution >= 4 is 34.0 Å². The van der Waals surface area contributed by atoms with E-state index in [0.29, 0.717) is 23.7 Å². The van der Waals surface area contributed by atoms with Crippen LogP contribution in [0.2, 0.25) is 0 Å². The van der Waals surface area contributed by atoms with Gasteiger partial charge in [-0.25, -0.2) is 4.99 Å². The number of hydrogen-bond donors (Lipinski definition) is 1. The predicted molar refractivity (Wildman–Crippen MR) is 132 cm³/mol. The van der Waals surface area contributed by atoms with Crippen molar-refractivity contribution in [1.29, 1.82) is 0 Å². The average Bonchev–Trinajstić information content (AvgIpc) is 3.20. The SMILES string of the molecule is Br.OCCCn1c(-c2ccc(C3CCCCC3)cc2)csc1=Nc1cccc(C(F)(F)F)c1. The summed E-state index contributed by atoms with van der Waals surface area (Å²) in [5, 5.41) is 11.3. The first-order chi connectivity index (χ1) is 15.5. The molecule has 0 amide bonds. The molecule has 0 bridgehead atoms. The molecule has 0 radical (unpaired) electrons. The molecule has 1 aliphatic carbocycles. The number of aromatic nitrogens is 1. The summed E-state index contributed by atoms with van der Waals surface area (Å²) in [5.41, 5.74) is 2.93. The predicted octanol–water partition coefficient (Wildman–Crippen LogP) is 7.48. The molecule has 1 saturated carbocycles. The van der Waals surface area contributed by atoms with Crippen LogP contribution < -0.4 is 4.80 Å². The number of thiazole rings is 1. The van der Waals surface area contributed by atoms with Crippen molar-refractivity contribution in [2.45, 2.75) is 57.2 Å². The number of benzene rings is 2. The maximum atomic E-state index is 13.1. The quantitative estimate of drug-likeness (QED) is 0.345. The Kier molecular flexibility index (Phi) is 8.95. The van der Waals surface area contributed by atoms with E-state index in [1.54, 1.807) is 6.07 Å². The van der Waals surface area contributed by atoms with Gasteiger partial charge in [-0.3, -0.25) is 0 Å². The first-order valence-electron chi connectivity index (χ1n) is 11.1. The van der Waals surface area contributed by atoms with Gasteiger partial charge >= 0.3 is 6.18 Å². The summed E-state index contributed by atoms with van der Waals surface area (Å²) < 4.78 is 41.2.